The van der Waals surface area contributed by atoms with Crippen LogP contribution < -0.4 is 0 Å². The maximum absolute atomic E-state index is 14.5. The van der Waals surface area contributed by atoms with Crippen molar-refractivity contribution in [2.75, 3.05) is 7.05 Å². The fraction of sp³-hybridized carbons (Fsp3) is 0.810. The van der Waals surface area contributed by atoms with Gasteiger partial charge in [-0.2, -0.15) is 0 Å². The molecule has 3 saturated carbocycles. The van der Waals surface area contributed by atoms with Gasteiger partial charge in [0.25, 0.3) is 0 Å². The minimum atomic E-state index is -1.74. The summed E-state index contributed by atoms with van der Waals surface area (Å²) in [5.41, 5.74) is -0.227. The molecule has 4 nitrogen and oxygen atoms in total. The van der Waals surface area contributed by atoms with Gasteiger partial charge in [-0.3, -0.25) is 4.79 Å². The Kier molecular flexibility index (Phi) is 5.99. The molecule has 0 aromatic heterocycles. The largest absolute Gasteiger partial charge is 0.479 e. The number of aliphatic carboxylic acids is 1. The first kappa shape index (κ1) is 21.8. The van der Waals surface area contributed by atoms with Crippen molar-refractivity contribution in [3.8, 4) is 0 Å². The lowest BCUT2D eigenvalue weighted by Crippen LogP contribution is -2.59. The lowest BCUT2D eigenvalue weighted by atomic mass is 9.47. The molecule has 0 bridgehead atoms. The summed E-state index contributed by atoms with van der Waals surface area (Å²) in [6, 6.07) is 0.246. The number of nitrogens with zero attached hydrogens (tertiary/aromatic N) is 1. The van der Waals surface area contributed by atoms with Crippen molar-refractivity contribution < 1.29 is 19.1 Å². The molecular formula is C21H30FNO3S2. The van der Waals surface area contributed by atoms with Crippen LogP contribution >= 0.6 is 0 Å². The Bertz CT molecular complexity index is 689. The number of hydrogen-bond donors (Lipinski definition) is 1. The van der Waals surface area contributed by atoms with Crippen LogP contribution in [0, 0.1) is 34.5 Å². The zero-order valence-electron chi connectivity index (χ0n) is 16.8. The van der Waals surface area contributed by atoms with Crippen molar-refractivity contribution in [1.29, 1.82) is 0 Å². The van der Waals surface area contributed by atoms with Crippen molar-refractivity contribution in [1.82, 2.24) is 4.90 Å². The van der Waals surface area contributed by atoms with Gasteiger partial charge in [0.1, 0.15) is 0 Å². The van der Waals surface area contributed by atoms with Gasteiger partial charge < -0.3 is 10.0 Å². The van der Waals surface area contributed by atoms with Crippen LogP contribution in [0.1, 0.15) is 52.4 Å². The number of likely N-dealkylation sites (N-methyl/N-ethyl adjacent to an activating group) is 1. The van der Waals surface area contributed by atoms with Crippen LogP contribution in [0.2, 0.25) is 0 Å². The second-order valence-corrected chi connectivity index (χ2v) is 9.59. The first-order valence-corrected chi connectivity index (χ1v) is 11.5. The summed E-state index contributed by atoms with van der Waals surface area (Å²) in [6.07, 6.45) is 7.69. The number of hydrogen-bond acceptors (Lipinski definition) is 4. The molecule has 156 valence electrons. The number of carbonyl (C=O) groups excluding carboxylic acids is 1. The van der Waals surface area contributed by atoms with Crippen molar-refractivity contribution in [3.63, 3.8) is 0 Å². The highest BCUT2D eigenvalue weighted by Crippen LogP contribution is 2.66. The molecule has 8 atom stereocenters. The molecule has 0 spiro atoms. The standard InChI is InChI=1S/C21H30FNO3.S2/c1-20-10-8-14-12(13(20)5-6-15(20)18(22)19(25)26)4-7-16-21(14,2)11-9-17(24)23(16)3;1-2/h9,11-16,18H,4-8,10H2,1-3H3,(H,25,26);/t12?,13-,14?,15?,16?,18?,20?,21+;/m0./s1. The van der Waals surface area contributed by atoms with Gasteiger partial charge in [0.05, 0.1) is 0 Å². The Morgan fingerprint density at radius 2 is 1.89 bits per heavy atom. The van der Waals surface area contributed by atoms with Crippen molar-refractivity contribution >= 4 is 34.3 Å². The number of carboxylic acid groups (broad SMARTS) is 1. The summed E-state index contributed by atoms with van der Waals surface area (Å²) in [4.78, 5) is 25.3. The number of rotatable bonds is 2. The molecule has 4 rings (SSSR count). The molecule has 0 saturated heterocycles. The minimum absolute atomic E-state index is 0.0209. The molecule has 1 N–H and O–H groups in total. The van der Waals surface area contributed by atoms with Gasteiger partial charge in [-0.05, 0) is 67.8 Å². The third-order valence-electron chi connectivity index (χ3n) is 8.79. The average Bonchev–Trinajstić information content (AvgIpc) is 3.03. The number of carbonyl (C=O) groups is 2. The van der Waals surface area contributed by atoms with Crippen LogP contribution in [0.15, 0.2) is 12.2 Å². The SMILES string of the molecule is CN1C(=O)C=C[C@]2(C)C3CCC4(C)C(C(F)C(=O)O)CC[C@H]4C3CCC12.S=S. The first-order chi connectivity index (χ1) is 13.2. The Morgan fingerprint density at radius 3 is 2.54 bits per heavy atom. The van der Waals surface area contributed by atoms with Crippen LogP contribution in [0.4, 0.5) is 4.39 Å². The molecule has 28 heavy (non-hydrogen) atoms. The normalized spacial score (nSPS) is 45.2. The molecule has 7 heteroatoms. The number of carboxylic acids is 1. The molecule has 1 amide bonds. The Morgan fingerprint density at radius 1 is 1.21 bits per heavy atom. The van der Waals surface area contributed by atoms with Crippen LogP contribution in [0.3, 0.4) is 0 Å². The minimum Gasteiger partial charge on any atom is -0.479 e. The third-order valence-corrected chi connectivity index (χ3v) is 8.79. The van der Waals surface area contributed by atoms with Crippen molar-refractivity contribution in [2.45, 2.75) is 64.6 Å². The highest BCUT2D eigenvalue weighted by Gasteiger charge is 2.62. The Labute approximate surface area is 176 Å². The molecule has 4 aliphatic rings. The van der Waals surface area contributed by atoms with Crippen LogP contribution in [0.25, 0.3) is 0 Å². The highest BCUT2D eigenvalue weighted by molar-refractivity contribution is 8.07. The predicted octanol–water partition coefficient (Wildman–Crippen LogP) is 3.66. The van der Waals surface area contributed by atoms with E-state index in [9.17, 15) is 19.1 Å². The van der Waals surface area contributed by atoms with E-state index in [1.807, 2.05) is 11.9 Å². The molecule has 0 aromatic carbocycles. The van der Waals surface area contributed by atoms with Gasteiger partial charge >= 0.3 is 5.97 Å². The fourth-order valence-electron chi connectivity index (χ4n) is 7.43. The summed E-state index contributed by atoms with van der Waals surface area (Å²) in [6.45, 7) is 4.43. The van der Waals surface area contributed by atoms with Gasteiger partial charge in [-0.1, -0.05) is 19.9 Å². The fourth-order valence-corrected chi connectivity index (χ4v) is 7.43. The molecule has 1 heterocycles. The van der Waals surface area contributed by atoms with E-state index in [-0.39, 0.29) is 28.7 Å². The molecule has 3 fully saturated rings. The first-order valence-electron chi connectivity index (χ1n) is 10.2. The predicted molar refractivity (Wildman–Crippen MR) is 111 cm³/mol. The van der Waals surface area contributed by atoms with Crippen LogP contribution in [-0.4, -0.2) is 41.1 Å². The summed E-state index contributed by atoms with van der Waals surface area (Å²) in [5.74, 6) is -0.167. The maximum Gasteiger partial charge on any atom is 0.338 e. The second-order valence-electron chi connectivity index (χ2n) is 9.59. The van der Waals surface area contributed by atoms with Gasteiger partial charge in [0.2, 0.25) is 5.91 Å². The zero-order chi connectivity index (χ0) is 20.9. The molecule has 6 unspecified atom stereocenters. The van der Waals surface area contributed by atoms with E-state index in [1.165, 1.54) is 0 Å². The smallest absolute Gasteiger partial charge is 0.338 e. The second kappa shape index (κ2) is 7.71. The van der Waals surface area contributed by atoms with Crippen molar-refractivity contribution in [3.05, 3.63) is 12.2 Å². The van der Waals surface area contributed by atoms with E-state index >= 15 is 0 Å². The third kappa shape index (κ3) is 3.04. The molecule has 0 radical (unpaired) electrons. The Hall–Kier alpha value is -0.950. The number of amides is 1. The summed E-state index contributed by atoms with van der Waals surface area (Å²) >= 11 is 7.33. The summed E-state index contributed by atoms with van der Waals surface area (Å²) in [7, 11) is 1.91. The topological polar surface area (TPSA) is 57.6 Å². The molecule has 0 aromatic rings. The van der Waals surface area contributed by atoms with E-state index in [4.69, 9.17) is 0 Å². The molecule has 1 aliphatic heterocycles. The Balaban J connectivity index is 0.00000109. The van der Waals surface area contributed by atoms with E-state index in [0.717, 1.165) is 32.1 Å². The molecular weight excluding hydrogens is 397 g/mol. The van der Waals surface area contributed by atoms with Gasteiger partial charge in [-0.25, -0.2) is 9.18 Å². The van der Waals surface area contributed by atoms with E-state index in [2.05, 4.69) is 42.3 Å². The van der Waals surface area contributed by atoms with E-state index < -0.39 is 12.1 Å². The number of alkyl halides is 1. The van der Waals surface area contributed by atoms with Gasteiger partial charge in [0, 0.05) is 46.8 Å². The van der Waals surface area contributed by atoms with E-state index in [0.29, 0.717) is 24.2 Å². The summed E-state index contributed by atoms with van der Waals surface area (Å²) in [5, 5.41) is 9.21. The number of halogens is 1. The monoisotopic (exact) mass is 427 g/mol. The van der Waals surface area contributed by atoms with Crippen LogP contribution in [0.5, 0.6) is 0 Å². The van der Waals surface area contributed by atoms with Crippen molar-refractivity contribution in [2.24, 2.45) is 34.5 Å². The lowest BCUT2D eigenvalue weighted by Gasteiger charge is -2.60. The van der Waals surface area contributed by atoms with Gasteiger partial charge in [0.15, 0.2) is 6.17 Å². The van der Waals surface area contributed by atoms with E-state index in [1.54, 1.807) is 6.08 Å². The van der Waals surface area contributed by atoms with Gasteiger partial charge in [-0.15, -0.1) is 0 Å². The maximum atomic E-state index is 14.5. The highest BCUT2D eigenvalue weighted by atomic mass is 32.8. The van der Waals surface area contributed by atoms with Crippen LogP contribution in [-0.2, 0) is 32.0 Å². The zero-order valence-corrected chi connectivity index (χ0v) is 18.4. The lowest BCUT2D eigenvalue weighted by molar-refractivity contribution is -0.150. The quantitative estimate of drug-likeness (QED) is 0.729. The number of fused-ring (bicyclic) bond motifs is 5. The molecule has 3 aliphatic carbocycles. The average molecular weight is 428 g/mol. The summed E-state index contributed by atoms with van der Waals surface area (Å²) < 4.78 is 14.5.